The minimum absolute atomic E-state index is 0.236. The second-order valence-corrected chi connectivity index (χ2v) is 3.76. The molecule has 1 aromatic carbocycles. The number of methoxy groups -OCH3 is 1. The van der Waals surface area contributed by atoms with Crippen LogP contribution in [0.1, 0.15) is 17.3 Å². The van der Waals surface area contributed by atoms with E-state index in [2.05, 4.69) is 10.1 Å². The third-order valence-electron chi connectivity index (χ3n) is 2.32. The number of nitrogens with one attached hydrogen (secondary N) is 1. The first kappa shape index (κ1) is 13.0. The summed E-state index contributed by atoms with van der Waals surface area (Å²) in [6.07, 6.45) is 0. The fourth-order valence-corrected chi connectivity index (χ4v) is 1.31. The number of amides is 1. The lowest BCUT2D eigenvalue weighted by Crippen LogP contribution is -2.32. The van der Waals surface area contributed by atoms with Crippen LogP contribution in [0.15, 0.2) is 24.3 Å². The van der Waals surface area contributed by atoms with Crippen LogP contribution in [-0.2, 0) is 9.53 Å². The van der Waals surface area contributed by atoms with E-state index in [0.29, 0.717) is 11.3 Å². The molecule has 3 N–H and O–H groups in total. The molecule has 5 nitrogen and oxygen atoms in total. The van der Waals surface area contributed by atoms with Gasteiger partial charge in [-0.15, -0.1) is 0 Å². The maximum atomic E-state index is 11.7. The second kappa shape index (κ2) is 5.89. The molecule has 0 radical (unpaired) electrons. The lowest BCUT2D eigenvalue weighted by Gasteiger charge is -2.10. The number of benzene rings is 1. The molecule has 0 heterocycles. The van der Waals surface area contributed by atoms with Crippen molar-refractivity contribution >= 4 is 17.6 Å². The summed E-state index contributed by atoms with van der Waals surface area (Å²) < 4.78 is 4.56. The first-order valence-corrected chi connectivity index (χ1v) is 5.26. The molecule has 17 heavy (non-hydrogen) atoms. The van der Waals surface area contributed by atoms with Crippen LogP contribution in [0.25, 0.3) is 0 Å². The minimum atomic E-state index is -0.370. The number of anilines is 1. The number of hydrogen-bond acceptors (Lipinski definition) is 4. The van der Waals surface area contributed by atoms with Crippen LogP contribution in [0, 0.1) is 5.92 Å². The highest BCUT2D eigenvalue weighted by Crippen LogP contribution is 2.06. The Labute approximate surface area is 99.9 Å². The Morgan fingerprint density at radius 2 is 2.18 bits per heavy atom. The van der Waals surface area contributed by atoms with Gasteiger partial charge in [0.25, 0.3) is 5.91 Å². The Kier molecular flexibility index (Phi) is 4.51. The number of carbonyl (C=O) groups excluding carboxylic acids is 2. The predicted octanol–water partition coefficient (Wildman–Crippen LogP) is 0.808. The van der Waals surface area contributed by atoms with Gasteiger partial charge in [0.15, 0.2) is 0 Å². The van der Waals surface area contributed by atoms with E-state index in [-0.39, 0.29) is 24.3 Å². The van der Waals surface area contributed by atoms with Crippen LogP contribution in [0.3, 0.4) is 0 Å². The lowest BCUT2D eigenvalue weighted by molar-refractivity contribution is -0.144. The van der Waals surface area contributed by atoms with Gasteiger partial charge in [0, 0.05) is 17.8 Å². The van der Waals surface area contributed by atoms with Gasteiger partial charge in [-0.05, 0) is 18.2 Å². The molecule has 0 saturated heterocycles. The van der Waals surface area contributed by atoms with Gasteiger partial charge >= 0.3 is 5.97 Å². The predicted molar refractivity (Wildman–Crippen MR) is 64.4 cm³/mol. The van der Waals surface area contributed by atoms with Crippen LogP contribution >= 0.6 is 0 Å². The smallest absolute Gasteiger partial charge is 0.310 e. The molecule has 0 fully saturated rings. The van der Waals surface area contributed by atoms with Crippen LogP contribution in [-0.4, -0.2) is 25.5 Å². The highest BCUT2D eigenvalue weighted by molar-refractivity contribution is 5.95. The molecule has 0 saturated carbocycles. The van der Waals surface area contributed by atoms with Crippen LogP contribution in [0.5, 0.6) is 0 Å². The molecular formula is C12H16N2O3. The first-order valence-electron chi connectivity index (χ1n) is 5.26. The zero-order chi connectivity index (χ0) is 12.8. The van der Waals surface area contributed by atoms with Crippen LogP contribution < -0.4 is 11.1 Å². The molecule has 1 atom stereocenters. The van der Waals surface area contributed by atoms with Crippen molar-refractivity contribution in [2.75, 3.05) is 19.4 Å². The molecule has 0 bridgehead atoms. The van der Waals surface area contributed by atoms with E-state index in [1.807, 2.05) is 0 Å². The minimum Gasteiger partial charge on any atom is -0.469 e. The Morgan fingerprint density at radius 1 is 1.47 bits per heavy atom. The van der Waals surface area contributed by atoms with E-state index in [1.165, 1.54) is 7.11 Å². The summed E-state index contributed by atoms with van der Waals surface area (Å²) in [5.74, 6) is -0.976. The quantitative estimate of drug-likeness (QED) is 0.598. The summed E-state index contributed by atoms with van der Waals surface area (Å²) in [4.78, 5) is 22.8. The van der Waals surface area contributed by atoms with Gasteiger partial charge in [-0.2, -0.15) is 0 Å². The molecule has 1 amide bonds. The number of hydrogen-bond donors (Lipinski definition) is 2. The highest BCUT2D eigenvalue weighted by Gasteiger charge is 2.14. The third-order valence-corrected chi connectivity index (χ3v) is 2.32. The van der Waals surface area contributed by atoms with Gasteiger partial charge in [-0.25, -0.2) is 0 Å². The Morgan fingerprint density at radius 3 is 2.76 bits per heavy atom. The maximum absolute atomic E-state index is 11.7. The van der Waals surface area contributed by atoms with E-state index in [1.54, 1.807) is 31.2 Å². The van der Waals surface area contributed by atoms with E-state index < -0.39 is 0 Å². The van der Waals surface area contributed by atoms with Crippen molar-refractivity contribution < 1.29 is 14.3 Å². The van der Waals surface area contributed by atoms with Crippen molar-refractivity contribution in [1.82, 2.24) is 5.32 Å². The maximum Gasteiger partial charge on any atom is 0.310 e. The van der Waals surface area contributed by atoms with E-state index in [4.69, 9.17) is 5.73 Å². The second-order valence-electron chi connectivity index (χ2n) is 3.76. The SMILES string of the molecule is COC(=O)C(C)CNC(=O)c1cccc(N)c1. The van der Waals surface area contributed by atoms with Crippen molar-refractivity contribution in [2.45, 2.75) is 6.92 Å². The topological polar surface area (TPSA) is 81.4 Å². The van der Waals surface area contributed by atoms with Gasteiger partial charge in [-0.3, -0.25) is 9.59 Å². The van der Waals surface area contributed by atoms with Gasteiger partial charge in [-0.1, -0.05) is 13.0 Å². The molecule has 92 valence electrons. The van der Waals surface area contributed by atoms with Gasteiger partial charge in [0.1, 0.15) is 0 Å². The van der Waals surface area contributed by atoms with Crippen molar-refractivity contribution in [3.05, 3.63) is 29.8 Å². The summed E-state index contributed by atoms with van der Waals surface area (Å²) in [6.45, 7) is 1.92. The average molecular weight is 236 g/mol. The first-order chi connectivity index (χ1) is 8.04. The molecule has 0 aliphatic heterocycles. The number of ether oxygens (including phenoxy) is 1. The lowest BCUT2D eigenvalue weighted by atomic mass is 10.1. The third kappa shape index (κ3) is 3.79. The van der Waals surface area contributed by atoms with Gasteiger partial charge < -0.3 is 15.8 Å². The van der Waals surface area contributed by atoms with Crippen molar-refractivity contribution in [3.8, 4) is 0 Å². The summed E-state index contributed by atoms with van der Waals surface area (Å²) in [5, 5.41) is 2.65. The standard InChI is InChI=1S/C12H16N2O3/c1-8(12(16)17-2)7-14-11(15)9-4-3-5-10(13)6-9/h3-6,8H,7,13H2,1-2H3,(H,14,15). The number of esters is 1. The summed E-state index contributed by atoms with van der Waals surface area (Å²) >= 11 is 0. The van der Waals surface area contributed by atoms with Crippen molar-refractivity contribution in [1.29, 1.82) is 0 Å². The summed E-state index contributed by atoms with van der Waals surface area (Å²) in [7, 11) is 1.32. The van der Waals surface area contributed by atoms with E-state index >= 15 is 0 Å². The molecule has 5 heteroatoms. The number of rotatable bonds is 4. The van der Waals surface area contributed by atoms with Gasteiger partial charge in [0.05, 0.1) is 13.0 Å². The molecule has 0 aromatic heterocycles. The van der Waals surface area contributed by atoms with Crippen LogP contribution in [0.2, 0.25) is 0 Å². The Hall–Kier alpha value is -2.04. The molecule has 1 unspecified atom stereocenters. The van der Waals surface area contributed by atoms with Crippen LogP contribution in [0.4, 0.5) is 5.69 Å². The summed E-state index contributed by atoms with van der Waals surface area (Å²) in [5.41, 5.74) is 6.57. The summed E-state index contributed by atoms with van der Waals surface area (Å²) in [6, 6.07) is 6.65. The molecule has 1 rings (SSSR count). The fraction of sp³-hybridized carbons (Fsp3) is 0.333. The molecule has 0 aliphatic carbocycles. The average Bonchev–Trinajstić information content (AvgIpc) is 2.34. The molecule has 0 spiro atoms. The largest absolute Gasteiger partial charge is 0.469 e. The van der Waals surface area contributed by atoms with E-state index in [9.17, 15) is 9.59 Å². The fourth-order valence-electron chi connectivity index (χ4n) is 1.31. The zero-order valence-corrected chi connectivity index (χ0v) is 9.90. The number of nitrogens with two attached hydrogens (primary N) is 1. The normalized spacial score (nSPS) is 11.6. The number of nitrogen functional groups attached to an aromatic ring is 1. The molecule has 1 aromatic rings. The molecular weight excluding hydrogens is 220 g/mol. The van der Waals surface area contributed by atoms with Crippen molar-refractivity contribution in [2.24, 2.45) is 5.92 Å². The zero-order valence-electron chi connectivity index (χ0n) is 9.90. The molecule has 0 aliphatic rings. The monoisotopic (exact) mass is 236 g/mol. The Balaban J connectivity index is 2.53. The number of carbonyl (C=O) groups is 2. The Bertz CT molecular complexity index is 418. The van der Waals surface area contributed by atoms with E-state index in [0.717, 1.165) is 0 Å². The van der Waals surface area contributed by atoms with Gasteiger partial charge in [0.2, 0.25) is 0 Å². The van der Waals surface area contributed by atoms with Crippen molar-refractivity contribution in [3.63, 3.8) is 0 Å². The highest BCUT2D eigenvalue weighted by atomic mass is 16.5.